The van der Waals surface area contributed by atoms with Crippen molar-refractivity contribution in [3.63, 3.8) is 0 Å². The van der Waals surface area contributed by atoms with Gasteiger partial charge in [0.25, 0.3) is 5.89 Å². The number of hydrogen-bond acceptors (Lipinski definition) is 7. The summed E-state index contributed by atoms with van der Waals surface area (Å²) in [6.45, 7) is 0. The second-order valence-electron chi connectivity index (χ2n) is 7.86. The van der Waals surface area contributed by atoms with E-state index in [2.05, 4.69) is 36.4 Å². The van der Waals surface area contributed by atoms with E-state index >= 15 is 0 Å². The molecule has 3 aromatic heterocycles. The third-order valence-corrected chi connectivity index (χ3v) is 6.81. The van der Waals surface area contributed by atoms with Gasteiger partial charge in [0, 0.05) is 44.5 Å². The fourth-order valence-corrected chi connectivity index (χ4v) is 4.83. The first-order chi connectivity index (χ1) is 17.7. The number of thiazole rings is 1. The minimum atomic E-state index is 0.449. The van der Waals surface area contributed by atoms with E-state index in [1.54, 1.807) is 23.7 Å². The van der Waals surface area contributed by atoms with Crippen molar-refractivity contribution >= 4 is 27.3 Å². The summed E-state index contributed by atoms with van der Waals surface area (Å²) in [4.78, 5) is 13.4. The minimum absolute atomic E-state index is 0.449. The average molecular weight is 553 g/mol. The largest absolute Gasteiger partial charge is 0.457 e. The Labute approximate surface area is 219 Å². The minimum Gasteiger partial charge on any atom is -0.457 e. The number of rotatable bonds is 6. The molecule has 0 saturated carbocycles. The Morgan fingerprint density at radius 2 is 1.47 bits per heavy atom. The smallest absolute Gasteiger partial charge is 0.258 e. The molecule has 6 rings (SSSR count). The molecule has 3 aromatic carbocycles. The van der Waals surface area contributed by atoms with Crippen LogP contribution in [0, 0.1) is 0 Å². The van der Waals surface area contributed by atoms with Gasteiger partial charge in [-0.1, -0.05) is 51.4 Å². The predicted octanol–water partition coefficient (Wildman–Crippen LogP) is 8.14. The normalized spacial score (nSPS) is 10.9. The topological polar surface area (TPSA) is 73.9 Å². The van der Waals surface area contributed by atoms with E-state index in [0.29, 0.717) is 11.7 Å². The Morgan fingerprint density at radius 1 is 0.722 bits per heavy atom. The number of benzene rings is 3. The molecule has 0 spiro atoms. The van der Waals surface area contributed by atoms with Gasteiger partial charge in [0.2, 0.25) is 5.82 Å². The van der Waals surface area contributed by atoms with Gasteiger partial charge < -0.3 is 9.26 Å². The van der Waals surface area contributed by atoms with E-state index < -0.39 is 0 Å². The molecule has 0 bridgehead atoms. The van der Waals surface area contributed by atoms with Gasteiger partial charge in [0.15, 0.2) is 0 Å². The Kier molecular flexibility index (Phi) is 6.11. The number of ether oxygens (including phenoxy) is 1. The van der Waals surface area contributed by atoms with Gasteiger partial charge in [0.05, 0.1) is 5.69 Å². The molecule has 0 saturated heterocycles. The van der Waals surface area contributed by atoms with E-state index in [4.69, 9.17) is 14.2 Å². The summed E-state index contributed by atoms with van der Waals surface area (Å²) in [5, 5.41) is 7.19. The van der Waals surface area contributed by atoms with Gasteiger partial charge in [-0.25, -0.2) is 4.98 Å². The number of hydrogen-bond donors (Lipinski definition) is 0. The first-order valence-electron chi connectivity index (χ1n) is 11.1. The Morgan fingerprint density at radius 3 is 2.25 bits per heavy atom. The maximum absolute atomic E-state index is 5.90. The van der Waals surface area contributed by atoms with Crippen LogP contribution >= 0.6 is 27.3 Å². The summed E-state index contributed by atoms with van der Waals surface area (Å²) >= 11 is 5.06. The van der Waals surface area contributed by atoms with Crippen LogP contribution in [-0.4, -0.2) is 20.1 Å². The van der Waals surface area contributed by atoms with Gasteiger partial charge >= 0.3 is 0 Å². The van der Waals surface area contributed by atoms with E-state index in [-0.39, 0.29) is 0 Å². The van der Waals surface area contributed by atoms with Gasteiger partial charge in [-0.2, -0.15) is 4.98 Å². The standard InChI is InChI=1S/C28H17BrN4O2S/c29-22-2-1-3-24(16-22)34-23-10-8-20(9-11-23)27-32-26(33-35-27)19-6-4-18(5-7-19)25-17-36-28(31-25)21-12-14-30-15-13-21/h1-17H. The predicted molar refractivity (Wildman–Crippen MR) is 144 cm³/mol. The van der Waals surface area contributed by atoms with Crippen molar-refractivity contribution in [1.82, 2.24) is 20.1 Å². The average Bonchev–Trinajstić information content (AvgIpc) is 3.61. The number of halogens is 1. The second-order valence-corrected chi connectivity index (χ2v) is 9.63. The fraction of sp³-hybridized carbons (Fsp3) is 0. The maximum atomic E-state index is 5.90. The van der Waals surface area contributed by atoms with Crippen LogP contribution in [0.25, 0.3) is 44.7 Å². The molecule has 0 aliphatic heterocycles. The molecular weight excluding hydrogens is 536 g/mol. The van der Waals surface area contributed by atoms with Crippen molar-refractivity contribution in [3.8, 4) is 56.2 Å². The lowest BCUT2D eigenvalue weighted by Gasteiger charge is -2.06. The van der Waals surface area contributed by atoms with Crippen LogP contribution in [0.2, 0.25) is 0 Å². The molecule has 0 aliphatic rings. The van der Waals surface area contributed by atoms with Crippen molar-refractivity contribution in [3.05, 3.63) is 107 Å². The molecule has 3 heterocycles. The van der Waals surface area contributed by atoms with Crippen molar-refractivity contribution in [2.75, 3.05) is 0 Å². The molecular formula is C28H17BrN4O2S. The number of aromatic nitrogens is 4. The van der Waals surface area contributed by atoms with E-state index in [1.807, 2.05) is 84.9 Å². The highest BCUT2D eigenvalue weighted by Gasteiger charge is 2.12. The van der Waals surface area contributed by atoms with Crippen LogP contribution in [0.4, 0.5) is 0 Å². The molecule has 0 radical (unpaired) electrons. The highest BCUT2D eigenvalue weighted by Crippen LogP contribution is 2.31. The van der Waals surface area contributed by atoms with Gasteiger partial charge in [-0.05, 0) is 54.6 Å². The lowest BCUT2D eigenvalue weighted by Crippen LogP contribution is -1.85. The second kappa shape index (κ2) is 9.85. The molecule has 0 atom stereocenters. The van der Waals surface area contributed by atoms with Gasteiger partial charge in [-0.15, -0.1) is 11.3 Å². The van der Waals surface area contributed by atoms with Gasteiger partial charge in [0.1, 0.15) is 16.5 Å². The summed E-state index contributed by atoms with van der Waals surface area (Å²) in [6, 6.07) is 27.2. The van der Waals surface area contributed by atoms with E-state index in [1.165, 1.54) is 0 Å². The Bertz CT molecular complexity index is 1610. The maximum Gasteiger partial charge on any atom is 0.258 e. The summed E-state index contributed by atoms with van der Waals surface area (Å²) in [5.41, 5.74) is 4.70. The molecule has 0 aliphatic carbocycles. The first-order valence-corrected chi connectivity index (χ1v) is 12.7. The highest BCUT2D eigenvalue weighted by molar-refractivity contribution is 9.10. The molecule has 0 N–H and O–H groups in total. The van der Waals surface area contributed by atoms with Crippen molar-refractivity contribution in [2.45, 2.75) is 0 Å². The molecule has 0 unspecified atom stereocenters. The molecule has 0 fully saturated rings. The zero-order chi connectivity index (χ0) is 24.3. The number of pyridine rings is 1. The first kappa shape index (κ1) is 22.3. The summed E-state index contributed by atoms with van der Waals surface area (Å²) < 4.78 is 12.4. The third kappa shape index (κ3) is 4.82. The Balaban J connectivity index is 1.16. The molecule has 6 aromatic rings. The SMILES string of the molecule is Brc1cccc(Oc2ccc(-c3nc(-c4ccc(-c5csc(-c6ccncc6)n5)cc4)no3)cc2)c1. The Hall–Kier alpha value is -4.14. The van der Waals surface area contributed by atoms with E-state index in [0.717, 1.165) is 48.9 Å². The fourth-order valence-electron chi connectivity index (χ4n) is 3.61. The lowest BCUT2D eigenvalue weighted by atomic mass is 10.1. The summed E-state index contributed by atoms with van der Waals surface area (Å²) in [6.07, 6.45) is 3.55. The van der Waals surface area contributed by atoms with Crippen LogP contribution in [0.3, 0.4) is 0 Å². The molecule has 8 heteroatoms. The van der Waals surface area contributed by atoms with E-state index in [9.17, 15) is 0 Å². The van der Waals surface area contributed by atoms with Crippen molar-refractivity contribution in [2.24, 2.45) is 0 Å². The van der Waals surface area contributed by atoms with Crippen LogP contribution < -0.4 is 4.74 Å². The summed E-state index contributed by atoms with van der Waals surface area (Å²) in [5.74, 6) is 2.46. The van der Waals surface area contributed by atoms with Crippen molar-refractivity contribution < 1.29 is 9.26 Å². The zero-order valence-corrected chi connectivity index (χ0v) is 21.1. The number of nitrogens with zero attached hydrogens (tertiary/aromatic N) is 4. The molecule has 36 heavy (non-hydrogen) atoms. The highest BCUT2D eigenvalue weighted by atomic mass is 79.9. The molecule has 6 nitrogen and oxygen atoms in total. The lowest BCUT2D eigenvalue weighted by molar-refractivity contribution is 0.432. The van der Waals surface area contributed by atoms with Crippen LogP contribution in [0.1, 0.15) is 0 Å². The molecule has 0 amide bonds. The van der Waals surface area contributed by atoms with Crippen LogP contribution in [-0.2, 0) is 0 Å². The summed E-state index contributed by atoms with van der Waals surface area (Å²) in [7, 11) is 0. The van der Waals surface area contributed by atoms with Crippen LogP contribution in [0.15, 0.2) is 112 Å². The van der Waals surface area contributed by atoms with Crippen molar-refractivity contribution in [1.29, 1.82) is 0 Å². The van der Waals surface area contributed by atoms with Gasteiger partial charge in [-0.3, -0.25) is 4.98 Å². The monoisotopic (exact) mass is 552 g/mol. The third-order valence-electron chi connectivity index (χ3n) is 5.43. The van der Waals surface area contributed by atoms with Crippen LogP contribution in [0.5, 0.6) is 11.5 Å². The zero-order valence-electron chi connectivity index (χ0n) is 18.7. The molecule has 174 valence electrons. The quantitative estimate of drug-likeness (QED) is 0.207.